The Labute approximate surface area is 146 Å². The van der Waals surface area contributed by atoms with Gasteiger partial charge in [0.15, 0.2) is 5.65 Å². The van der Waals surface area contributed by atoms with Crippen molar-refractivity contribution in [2.24, 2.45) is 5.92 Å². The fraction of sp³-hybridized carbons (Fsp3) is 0.556. The Bertz CT molecular complexity index is 811. The quantitative estimate of drug-likeness (QED) is 0.925. The largest absolute Gasteiger partial charge is 0.355 e. The molecule has 1 saturated heterocycles. The maximum absolute atomic E-state index is 12.9. The highest BCUT2D eigenvalue weighted by Gasteiger charge is 2.36. The van der Waals surface area contributed by atoms with E-state index in [0.29, 0.717) is 11.2 Å². The van der Waals surface area contributed by atoms with Gasteiger partial charge in [-0.15, -0.1) is 0 Å². The Kier molecular flexibility index (Phi) is 4.15. The molecular weight excluding hydrogens is 318 g/mol. The average Bonchev–Trinajstić information content (AvgIpc) is 3.03. The molecule has 3 heterocycles. The van der Waals surface area contributed by atoms with Crippen molar-refractivity contribution in [3.8, 4) is 0 Å². The number of amides is 2. The summed E-state index contributed by atoms with van der Waals surface area (Å²) in [5, 5.41) is 7.01. The first-order valence-electron chi connectivity index (χ1n) is 9.06. The smallest absolute Gasteiger partial charge is 0.256 e. The van der Waals surface area contributed by atoms with Gasteiger partial charge in [-0.2, -0.15) is 5.10 Å². The summed E-state index contributed by atoms with van der Waals surface area (Å²) in [7, 11) is 1.59. The zero-order chi connectivity index (χ0) is 17.4. The van der Waals surface area contributed by atoms with Crippen LogP contribution in [0.2, 0.25) is 0 Å². The minimum Gasteiger partial charge on any atom is -0.355 e. The van der Waals surface area contributed by atoms with Gasteiger partial charge in [0, 0.05) is 25.7 Å². The summed E-state index contributed by atoms with van der Waals surface area (Å²) in [5.41, 5.74) is 1.93. The molecule has 2 aromatic rings. The second-order valence-electron chi connectivity index (χ2n) is 6.91. The molecule has 1 N–H and O–H groups in total. The molecular formula is C18H23N5O2. The number of likely N-dealkylation sites (tertiary alicyclic amines) is 1. The van der Waals surface area contributed by atoms with Crippen LogP contribution in [0.15, 0.2) is 18.5 Å². The molecule has 0 aromatic carbocycles. The molecule has 2 aromatic heterocycles. The summed E-state index contributed by atoms with van der Waals surface area (Å²) < 4.78 is 1.72. The molecule has 4 rings (SSSR count). The van der Waals surface area contributed by atoms with Crippen molar-refractivity contribution in [2.75, 3.05) is 13.6 Å². The number of carbonyl (C=O) groups excluding carboxylic acids is 2. The van der Waals surface area contributed by atoms with Crippen molar-refractivity contribution < 1.29 is 9.59 Å². The Balaban J connectivity index is 1.72. The number of fused-ring (bicyclic) bond motifs is 1. The Morgan fingerprint density at radius 1 is 1.20 bits per heavy atom. The first-order valence-corrected chi connectivity index (χ1v) is 9.06. The van der Waals surface area contributed by atoms with Gasteiger partial charge < -0.3 is 10.2 Å². The number of nitrogens with one attached hydrogen (secondary N) is 1. The van der Waals surface area contributed by atoms with E-state index in [1.807, 2.05) is 11.0 Å². The fourth-order valence-corrected chi connectivity index (χ4v) is 3.85. The summed E-state index contributed by atoms with van der Waals surface area (Å²) >= 11 is 0. The average molecular weight is 341 g/mol. The number of rotatable bonds is 3. The van der Waals surface area contributed by atoms with Crippen LogP contribution in [-0.4, -0.2) is 44.9 Å². The predicted molar refractivity (Wildman–Crippen MR) is 92.0 cm³/mol. The molecule has 0 unspecified atom stereocenters. The second-order valence-corrected chi connectivity index (χ2v) is 6.91. The Morgan fingerprint density at radius 3 is 2.76 bits per heavy atom. The number of aromatic nitrogens is 3. The van der Waals surface area contributed by atoms with Crippen molar-refractivity contribution in [3.05, 3.63) is 29.7 Å². The summed E-state index contributed by atoms with van der Waals surface area (Å²) in [5.74, 6) is 0.266. The van der Waals surface area contributed by atoms with Gasteiger partial charge in [-0.1, -0.05) is 6.42 Å². The van der Waals surface area contributed by atoms with E-state index in [2.05, 4.69) is 15.4 Å². The minimum atomic E-state index is -0.203. The molecule has 1 saturated carbocycles. The zero-order valence-corrected chi connectivity index (χ0v) is 14.4. The number of carbonyl (C=O) groups is 2. The van der Waals surface area contributed by atoms with Crippen LogP contribution >= 0.6 is 0 Å². The van der Waals surface area contributed by atoms with Gasteiger partial charge in [0.25, 0.3) is 5.91 Å². The normalized spacial score (nSPS) is 21.2. The van der Waals surface area contributed by atoms with Crippen molar-refractivity contribution in [3.63, 3.8) is 0 Å². The van der Waals surface area contributed by atoms with E-state index >= 15 is 0 Å². The highest BCUT2D eigenvalue weighted by molar-refractivity contribution is 5.99. The summed E-state index contributed by atoms with van der Waals surface area (Å²) in [6.07, 6.45) is 9.49. The summed E-state index contributed by atoms with van der Waals surface area (Å²) in [4.78, 5) is 31.3. The lowest BCUT2D eigenvalue weighted by atomic mass is 9.83. The maximum atomic E-state index is 12.9. The molecule has 132 valence electrons. The number of hydrogen-bond donors (Lipinski definition) is 1. The van der Waals surface area contributed by atoms with Crippen LogP contribution in [0.3, 0.4) is 0 Å². The molecule has 7 nitrogen and oxygen atoms in total. The van der Waals surface area contributed by atoms with Crippen LogP contribution in [0.5, 0.6) is 0 Å². The Hall–Kier alpha value is -2.44. The number of hydrogen-bond acceptors (Lipinski definition) is 4. The predicted octanol–water partition coefficient (Wildman–Crippen LogP) is 1.94. The lowest BCUT2D eigenvalue weighted by molar-refractivity contribution is -0.142. The number of nitrogens with zero attached hydrogens (tertiary/aromatic N) is 4. The molecule has 0 radical (unpaired) electrons. The first-order chi connectivity index (χ1) is 12.2. The van der Waals surface area contributed by atoms with Crippen molar-refractivity contribution in [1.82, 2.24) is 24.8 Å². The van der Waals surface area contributed by atoms with E-state index in [0.717, 1.165) is 50.8 Å². The van der Waals surface area contributed by atoms with Gasteiger partial charge in [0.05, 0.1) is 17.9 Å². The van der Waals surface area contributed by atoms with E-state index in [4.69, 9.17) is 0 Å². The van der Waals surface area contributed by atoms with Gasteiger partial charge in [-0.25, -0.2) is 9.50 Å². The molecule has 2 amide bonds. The molecule has 0 spiro atoms. The third kappa shape index (κ3) is 2.67. The van der Waals surface area contributed by atoms with E-state index in [-0.39, 0.29) is 23.8 Å². The molecule has 1 aliphatic heterocycles. The monoisotopic (exact) mass is 341 g/mol. The zero-order valence-electron chi connectivity index (χ0n) is 14.4. The topological polar surface area (TPSA) is 79.6 Å². The lowest BCUT2D eigenvalue weighted by Crippen LogP contribution is -2.44. The van der Waals surface area contributed by atoms with Crippen LogP contribution in [0.25, 0.3) is 5.65 Å². The molecule has 1 atom stereocenters. The van der Waals surface area contributed by atoms with Crippen LogP contribution in [0, 0.1) is 5.92 Å². The molecule has 2 aliphatic rings. The van der Waals surface area contributed by atoms with Gasteiger partial charge in [0.2, 0.25) is 5.91 Å². The molecule has 2 fully saturated rings. The fourth-order valence-electron chi connectivity index (χ4n) is 3.85. The second kappa shape index (κ2) is 6.46. The van der Waals surface area contributed by atoms with E-state index in [1.54, 1.807) is 24.0 Å². The lowest BCUT2D eigenvalue weighted by Gasteiger charge is -2.39. The van der Waals surface area contributed by atoms with E-state index < -0.39 is 0 Å². The van der Waals surface area contributed by atoms with Gasteiger partial charge in [-0.3, -0.25) is 9.59 Å². The van der Waals surface area contributed by atoms with Gasteiger partial charge in [0.1, 0.15) is 5.56 Å². The molecule has 0 bridgehead atoms. The number of piperidine rings is 1. The van der Waals surface area contributed by atoms with Crippen LogP contribution < -0.4 is 5.32 Å². The van der Waals surface area contributed by atoms with Crippen LogP contribution in [-0.2, 0) is 4.79 Å². The third-order valence-electron chi connectivity index (χ3n) is 5.48. The molecule has 25 heavy (non-hydrogen) atoms. The summed E-state index contributed by atoms with van der Waals surface area (Å²) in [6, 6.07) is 1.93. The van der Waals surface area contributed by atoms with Crippen molar-refractivity contribution >= 4 is 17.5 Å². The first kappa shape index (κ1) is 16.1. The molecule has 7 heteroatoms. The third-order valence-corrected chi connectivity index (χ3v) is 5.48. The van der Waals surface area contributed by atoms with Crippen molar-refractivity contribution in [1.29, 1.82) is 0 Å². The van der Waals surface area contributed by atoms with Crippen LogP contribution in [0.4, 0.5) is 0 Å². The minimum absolute atomic E-state index is 0.00443. The Morgan fingerprint density at radius 2 is 2.04 bits per heavy atom. The van der Waals surface area contributed by atoms with E-state index in [9.17, 15) is 9.59 Å². The maximum Gasteiger partial charge on any atom is 0.256 e. The molecule has 1 aliphatic carbocycles. The SMILES string of the molecule is CNC(=O)c1cnn2c([C@@H]3CCCCN3C(=O)C3CCC3)ccnc12. The summed E-state index contributed by atoms with van der Waals surface area (Å²) in [6.45, 7) is 0.799. The van der Waals surface area contributed by atoms with Gasteiger partial charge in [-0.05, 0) is 38.2 Å². The standard InChI is InChI=1S/C18H23N5O2/c1-19-17(24)13-11-21-23-15(8-9-20-16(13)23)14-7-2-3-10-22(14)18(25)12-5-4-6-12/h8-9,11-12,14H,2-7,10H2,1H3,(H,19,24)/t14-/m0/s1. The highest BCUT2D eigenvalue weighted by Crippen LogP contribution is 2.36. The van der Waals surface area contributed by atoms with Gasteiger partial charge >= 0.3 is 0 Å². The van der Waals surface area contributed by atoms with Crippen LogP contribution in [0.1, 0.15) is 60.6 Å². The van der Waals surface area contributed by atoms with E-state index in [1.165, 1.54) is 0 Å². The highest BCUT2D eigenvalue weighted by atomic mass is 16.2. The van der Waals surface area contributed by atoms with Crippen molar-refractivity contribution in [2.45, 2.75) is 44.6 Å².